The summed E-state index contributed by atoms with van der Waals surface area (Å²) in [6, 6.07) is 13.7. The predicted octanol–water partition coefficient (Wildman–Crippen LogP) is 11.7. The average Bonchev–Trinajstić information content (AvgIpc) is 3.80. The minimum absolute atomic E-state index is 0. The number of fused-ring (bicyclic) bond motifs is 6. The van der Waals surface area contributed by atoms with Crippen LogP contribution >= 0.6 is 11.3 Å². The number of carbonyl (C=O) groups is 1. The van der Waals surface area contributed by atoms with Gasteiger partial charge in [0, 0.05) is 58.9 Å². The van der Waals surface area contributed by atoms with Gasteiger partial charge in [-0.25, -0.2) is 4.98 Å². The van der Waals surface area contributed by atoms with Crippen molar-refractivity contribution in [2.45, 2.75) is 93.4 Å². The van der Waals surface area contributed by atoms with E-state index in [0.29, 0.717) is 5.71 Å². The summed E-state index contributed by atoms with van der Waals surface area (Å²) in [4.78, 5) is 21.3. The van der Waals surface area contributed by atoms with Crippen LogP contribution in [0, 0.1) is 16.9 Å². The fourth-order valence-electron chi connectivity index (χ4n) is 5.72. The molecular formula is C39H45IrN2O4S-. The van der Waals surface area contributed by atoms with Gasteiger partial charge in [0.2, 0.25) is 5.71 Å². The van der Waals surface area contributed by atoms with Gasteiger partial charge in [-0.15, -0.1) is 23.6 Å². The van der Waals surface area contributed by atoms with Crippen LogP contribution in [0.2, 0.25) is 0 Å². The second-order valence-corrected chi connectivity index (χ2v) is 14.6. The summed E-state index contributed by atoms with van der Waals surface area (Å²) in [5, 5.41) is 16.3. The third kappa shape index (κ3) is 6.83. The van der Waals surface area contributed by atoms with Crippen molar-refractivity contribution in [3.8, 4) is 11.3 Å². The predicted molar refractivity (Wildman–Crippen MR) is 191 cm³/mol. The van der Waals surface area contributed by atoms with Crippen molar-refractivity contribution < 1.29 is 38.8 Å². The molecule has 0 unspecified atom stereocenters. The van der Waals surface area contributed by atoms with Gasteiger partial charge in [-0.1, -0.05) is 73.4 Å². The molecule has 0 atom stereocenters. The molecule has 0 aliphatic heterocycles. The number of hydrogen-bond donors (Lipinski definition) is 1. The van der Waals surface area contributed by atoms with Crippen LogP contribution < -0.4 is 0 Å². The minimum atomic E-state index is -0.337. The third-order valence-corrected chi connectivity index (χ3v) is 10.9. The average molecular weight is 830 g/mol. The van der Waals surface area contributed by atoms with Crippen molar-refractivity contribution in [1.82, 2.24) is 9.97 Å². The van der Waals surface area contributed by atoms with E-state index in [0.717, 1.165) is 69.7 Å². The Morgan fingerprint density at radius 2 is 1.57 bits per heavy atom. The van der Waals surface area contributed by atoms with Crippen LogP contribution in [0.15, 0.2) is 69.0 Å². The maximum atomic E-state index is 12.2. The van der Waals surface area contributed by atoms with Gasteiger partial charge in [0.15, 0.2) is 5.78 Å². The molecule has 251 valence electrons. The molecule has 6 rings (SSSR count). The molecule has 0 aliphatic carbocycles. The van der Waals surface area contributed by atoms with Crippen molar-refractivity contribution >= 4 is 60.2 Å². The number of aliphatic hydroxyl groups is 1. The molecule has 0 spiro atoms. The summed E-state index contributed by atoms with van der Waals surface area (Å²) in [6.07, 6.45) is 8.02. The number of allylic oxidation sites excluding steroid dienone is 2. The number of benzene rings is 2. The molecule has 47 heavy (non-hydrogen) atoms. The van der Waals surface area contributed by atoms with Crippen LogP contribution in [0.3, 0.4) is 0 Å². The van der Waals surface area contributed by atoms with Gasteiger partial charge in [-0.2, -0.15) is 11.3 Å². The summed E-state index contributed by atoms with van der Waals surface area (Å²) in [5.41, 5.74) is 4.67. The number of furan rings is 2. The zero-order valence-corrected chi connectivity index (χ0v) is 32.0. The Hall–Kier alpha value is -3.32. The Bertz CT molecular complexity index is 2050. The van der Waals surface area contributed by atoms with Crippen LogP contribution in [-0.4, -0.2) is 20.9 Å². The van der Waals surface area contributed by atoms with Crippen LogP contribution in [-0.2, 0) is 30.3 Å². The zero-order chi connectivity index (χ0) is 33.4. The molecule has 4 heterocycles. The van der Waals surface area contributed by atoms with Gasteiger partial charge in [-0.3, -0.25) is 9.78 Å². The monoisotopic (exact) mass is 830 g/mol. The number of carbonyl (C=O) groups excluding carboxylic acids is 1. The first-order valence-electron chi connectivity index (χ1n) is 16.2. The largest absolute Gasteiger partial charge is 0.512 e. The van der Waals surface area contributed by atoms with E-state index in [1.807, 2.05) is 59.7 Å². The molecule has 6 nitrogen and oxygen atoms in total. The number of aliphatic hydroxyl groups excluding tert-OH is 1. The fourth-order valence-corrected chi connectivity index (χ4v) is 6.80. The molecular weight excluding hydrogens is 785 g/mol. The molecule has 0 aliphatic rings. The van der Waals surface area contributed by atoms with E-state index in [4.69, 9.17) is 8.83 Å². The van der Waals surface area contributed by atoms with Gasteiger partial charge < -0.3 is 13.9 Å². The van der Waals surface area contributed by atoms with Crippen molar-refractivity contribution in [3.63, 3.8) is 0 Å². The molecule has 0 amide bonds. The zero-order valence-electron chi connectivity index (χ0n) is 28.8. The van der Waals surface area contributed by atoms with Crippen LogP contribution in [0.4, 0.5) is 0 Å². The molecule has 2 aromatic carbocycles. The summed E-state index contributed by atoms with van der Waals surface area (Å²) >= 11 is 1.76. The molecule has 6 aromatic rings. The van der Waals surface area contributed by atoms with E-state index in [2.05, 4.69) is 54.3 Å². The van der Waals surface area contributed by atoms with E-state index in [1.54, 1.807) is 23.9 Å². The quantitative estimate of drug-likeness (QED) is 0.0934. The van der Waals surface area contributed by atoms with Crippen LogP contribution in [0.1, 0.15) is 93.6 Å². The first-order chi connectivity index (χ1) is 21.8. The second-order valence-electron chi connectivity index (χ2n) is 13.7. The topological polar surface area (TPSA) is 89.4 Å². The Morgan fingerprint density at radius 1 is 0.915 bits per heavy atom. The molecule has 0 saturated carbocycles. The van der Waals surface area contributed by atoms with Gasteiger partial charge in [0.1, 0.15) is 23.3 Å². The van der Waals surface area contributed by atoms with Crippen molar-refractivity contribution in [2.24, 2.45) is 10.8 Å². The van der Waals surface area contributed by atoms with Crippen molar-refractivity contribution in [2.75, 3.05) is 0 Å². The first-order valence-corrected chi connectivity index (χ1v) is 17.1. The molecule has 4 aromatic heterocycles. The number of hydrogen-bond acceptors (Lipinski definition) is 7. The van der Waals surface area contributed by atoms with Gasteiger partial charge in [0.05, 0.1) is 6.26 Å². The number of nitrogens with zero attached hydrogens (tertiary/aromatic N) is 2. The third-order valence-electron chi connectivity index (χ3n) is 10.00. The van der Waals surface area contributed by atoms with E-state index < -0.39 is 0 Å². The Labute approximate surface area is 295 Å². The SMILES string of the molecule is CC(C)(C)c1cc(-c2ncnc3oc4ccc5occc5c4c23)[c-]c2ccsc12.CCC(C)(CC)C(=O)/C=C(\O)C(C)(CC)CC.[Ir]. The standard InChI is InChI=1S/C24H17N2O2S.C15H28O2.Ir/c1-24(2,3)16-11-14(10-13-7-9-29-22(13)16)21-20-19-15-6-8-27-17(15)4-5-18(19)28-23(20)26-12-25-21;1-7-14(5,8-2)12(16)11-13(17)15(6,9-3)10-4;/h4-9,11-12H,1-3H3;11,16H,7-10H2,1-6H3;/q-1;;/b;12-11-;. The fraction of sp³-hybridized carbons (Fsp3) is 0.410. The summed E-state index contributed by atoms with van der Waals surface area (Å²) in [7, 11) is 0. The van der Waals surface area contributed by atoms with Gasteiger partial charge >= 0.3 is 0 Å². The number of aromatic nitrogens is 2. The second kappa shape index (κ2) is 14.0. The maximum absolute atomic E-state index is 12.2. The Morgan fingerprint density at radius 3 is 2.21 bits per heavy atom. The number of rotatable bonds is 8. The minimum Gasteiger partial charge on any atom is -0.512 e. The van der Waals surface area contributed by atoms with Crippen molar-refractivity contribution in [1.29, 1.82) is 0 Å². The van der Waals surface area contributed by atoms with E-state index >= 15 is 0 Å². The van der Waals surface area contributed by atoms with E-state index in [9.17, 15) is 9.90 Å². The molecule has 0 fully saturated rings. The van der Waals surface area contributed by atoms with Gasteiger partial charge in [-0.05, 0) is 59.4 Å². The van der Waals surface area contributed by atoms with Gasteiger partial charge in [0.25, 0.3) is 0 Å². The van der Waals surface area contributed by atoms with E-state index in [1.165, 1.54) is 16.3 Å². The summed E-state index contributed by atoms with van der Waals surface area (Å²) in [5.74, 6) is 0.286. The van der Waals surface area contributed by atoms with E-state index in [-0.39, 0.29) is 47.9 Å². The number of ketones is 1. The molecule has 8 heteroatoms. The summed E-state index contributed by atoms with van der Waals surface area (Å²) in [6.45, 7) is 18.8. The normalized spacial score (nSPS) is 12.8. The van der Waals surface area contributed by atoms with Crippen LogP contribution in [0.5, 0.6) is 0 Å². The maximum Gasteiger partial charge on any atom is 0.223 e. The molecule has 1 radical (unpaired) electrons. The first kappa shape index (κ1) is 36.5. The Kier molecular flexibility index (Phi) is 10.9. The number of thiophene rings is 1. The molecule has 1 N–H and O–H groups in total. The molecule has 0 bridgehead atoms. The van der Waals surface area contributed by atoms with Crippen molar-refractivity contribution in [3.05, 3.63) is 71.8 Å². The summed E-state index contributed by atoms with van der Waals surface area (Å²) < 4.78 is 12.9. The molecule has 0 saturated heterocycles. The smallest absolute Gasteiger partial charge is 0.223 e. The Balaban J connectivity index is 0.000000242. The van der Waals surface area contributed by atoms with Crippen LogP contribution in [0.25, 0.3) is 54.4 Å².